The summed E-state index contributed by atoms with van der Waals surface area (Å²) in [7, 11) is 0. The molecule has 0 fully saturated rings. The average Bonchev–Trinajstić information content (AvgIpc) is 2.11. The van der Waals surface area contributed by atoms with E-state index in [1.54, 1.807) is 0 Å². The van der Waals surface area contributed by atoms with E-state index in [1.807, 2.05) is 0 Å². The number of aliphatic hydroxyl groups is 1. The Bertz CT molecular complexity index is 339. The number of halogens is 1. The van der Waals surface area contributed by atoms with E-state index in [9.17, 15) is 9.90 Å². The fourth-order valence-electron chi connectivity index (χ4n) is 0.861. The first-order chi connectivity index (χ1) is 6.13. The van der Waals surface area contributed by atoms with Crippen LogP contribution in [-0.2, 0) is 6.54 Å². The Labute approximate surface area is 79.8 Å². The van der Waals surface area contributed by atoms with Gasteiger partial charge in [0.25, 0.3) is 0 Å². The average molecular weight is 204 g/mol. The van der Waals surface area contributed by atoms with E-state index in [0.717, 1.165) is 0 Å². The van der Waals surface area contributed by atoms with E-state index in [4.69, 9.17) is 17.3 Å². The first kappa shape index (κ1) is 10.2. The van der Waals surface area contributed by atoms with Crippen LogP contribution in [0.1, 0.15) is 0 Å². The van der Waals surface area contributed by atoms with E-state index in [0.29, 0.717) is 5.02 Å². The van der Waals surface area contributed by atoms with Gasteiger partial charge in [-0.1, -0.05) is 11.6 Å². The monoisotopic (exact) mass is 203 g/mol. The summed E-state index contributed by atoms with van der Waals surface area (Å²) in [6.07, 6.45) is 1.92. The molecule has 0 radical (unpaired) electrons. The van der Waals surface area contributed by atoms with Gasteiger partial charge >= 0.3 is 5.69 Å². The number of rotatable bonds is 3. The highest BCUT2D eigenvalue weighted by Gasteiger charge is 2.04. The molecule has 0 aliphatic rings. The summed E-state index contributed by atoms with van der Waals surface area (Å²) in [6.45, 7) is 0.210. The van der Waals surface area contributed by atoms with Crippen molar-refractivity contribution in [3.05, 3.63) is 27.9 Å². The lowest BCUT2D eigenvalue weighted by atomic mass is 10.3. The quantitative estimate of drug-likeness (QED) is 0.675. The predicted octanol–water partition coefficient (Wildman–Crippen LogP) is -0.784. The molecule has 0 spiro atoms. The smallest absolute Gasteiger partial charge is 0.347 e. The summed E-state index contributed by atoms with van der Waals surface area (Å²) in [5.41, 5.74) is 4.74. The molecule has 1 atom stereocenters. The first-order valence-electron chi connectivity index (χ1n) is 3.73. The zero-order valence-corrected chi connectivity index (χ0v) is 7.61. The van der Waals surface area contributed by atoms with E-state index in [-0.39, 0.29) is 13.1 Å². The van der Waals surface area contributed by atoms with E-state index in [2.05, 4.69) is 4.98 Å². The fraction of sp³-hybridized carbons (Fsp3) is 0.429. The number of nitrogens with two attached hydrogens (primary N) is 1. The maximum atomic E-state index is 11.1. The molecule has 1 rings (SSSR count). The van der Waals surface area contributed by atoms with Crippen LogP contribution in [0.2, 0.25) is 5.02 Å². The molecule has 0 saturated heterocycles. The highest BCUT2D eigenvalue weighted by molar-refractivity contribution is 6.30. The van der Waals surface area contributed by atoms with Crippen LogP contribution in [0.4, 0.5) is 0 Å². The molecule has 13 heavy (non-hydrogen) atoms. The van der Waals surface area contributed by atoms with Crippen molar-refractivity contribution < 1.29 is 5.11 Å². The van der Waals surface area contributed by atoms with Gasteiger partial charge in [0.1, 0.15) is 0 Å². The minimum absolute atomic E-state index is 0.0962. The van der Waals surface area contributed by atoms with Gasteiger partial charge in [-0.3, -0.25) is 4.57 Å². The summed E-state index contributed by atoms with van der Waals surface area (Å²) in [6, 6.07) is 0. The van der Waals surface area contributed by atoms with Crippen LogP contribution in [0.3, 0.4) is 0 Å². The van der Waals surface area contributed by atoms with E-state index < -0.39 is 11.8 Å². The molecule has 0 amide bonds. The van der Waals surface area contributed by atoms with Crippen molar-refractivity contribution >= 4 is 11.6 Å². The Kier molecular flexibility index (Phi) is 3.41. The number of nitrogens with zero attached hydrogens (tertiary/aromatic N) is 2. The van der Waals surface area contributed by atoms with E-state index in [1.165, 1.54) is 17.0 Å². The summed E-state index contributed by atoms with van der Waals surface area (Å²) in [4.78, 5) is 14.6. The molecule has 6 heteroatoms. The van der Waals surface area contributed by atoms with Crippen molar-refractivity contribution in [1.82, 2.24) is 9.55 Å². The third-order valence-corrected chi connectivity index (χ3v) is 1.70. The molecule has 1 aromatic heterocycles. The minimum atomic E-state index is -0.752. The molecule has 0 bridgehead atoms. The Morgan fingerprint density at radius 1 is 1.77 bits per heavy atom. The molecule has 0 aliphatic carbocycles. The molecule has 0 saturated carbocycles. The third-order valence-electron chi connectivity index (χ3n) is 1.50. The number of aliphatic hydroxyl groups excluding tert-OH is 1. The Morgan fingerprint density at radius 2 is 2.46 bits per heavy atom. The maximum absolute atomic E-state index is 11.1. The summed E-state index contributed by atoms with van der Waals surface area (Å²) in [5, 5.41) is 9.52. The largest absolute Gasteiger partial charge is 0.390 e. The lowest BCUT2D eigenvalue weighted by Crippen LogP contribution is -2.31. The van der Waals surface area contributed by atoms with Gasteiger partial charge in [0.2, 0.25) is 0 Å². The van der Waals surface area contributed by atoms with Gasteiger partial charge in [0.15, 0.2) is 0 Å². The van der Waals surface area contributed by atoms with Crippen molar-refractivity contribution in [2.75, 3.05) is 6.54 Å². The zero-order chi connectivity index (χ0) is 9.84. The molecular weight excluding hydrogens is 194 g/mol. The topological polar surface area (TPSA) is 81.1 Å². The van der Waals surface area contributed by atoms with Crippen molar-refractivity contribution in [3.8, 4) is 0 Å². The molecule has 1 heterocycles. The standard InChI is InChI=1S/C7H10ClN3O2/c8-5-2-10-7(13)11(3-5)4-6(12)1-9/h2-3,6,12H,1,4,9H2/t6-/m1/s1. The lowest BCUT2D eigenvalue weighted by Gasteiger charge is -2.09. The number of hydrogen-bond acceptors (Lipinski definition) is 4. The van der Waals surface area contributed by atoms with Crippen molar-refractivity contribution in [3.63, 3.8) is 0 Å². The molecular formula is C7H10ClN3O2. The maximum Gasteiger partial charge on any atom is 0.347 e. The third kappa shape index (κ3) is 2.80. The molecule has 5 nitrogen and oxygen atoms in total. The van der Waals surface area contributed by atoms with Crippen LogP contribution >= 0.6 is 11.6 Å². The molecule has 3 N–H and O–H groups in total. The van der Waals surface area contributed by atoms with Gasteiger partial charge in [0, 0.05) is 12.7 Å². The Hall–Kier alpha value is -0.910. The van der Waals surface area contributed by atoms with Crippen LogP contribution in [-0.4, -0.2) is 27.3 Å². The van der Waals surface area contributed by atoms with Crippen LogP contribution in [0.5, 0.6) is 0 Å². The van der Waals surface area contributed by atoms with Crippen LogP contribution < -0.4 is 11.4 Å². The summed E-state index contributed by atoms with van der Waals surface area (Å²) in [5.74, 6) is 0. The summed E-state index contributed by atoms with van der Waals surface area (Å²) < 4.78 is 1.22. The Morgan fingerprint density at radius 3 is 3.08 bits per heavy atom. The van der Waals surface area contributed by atoms with Crippen LogP contribution in [0.15, 0.2) is 17.2 Å². The molecule has 0 unspecified atom stereocenters. The summed E-state index contributed by atoms with van der Waals surface area (Å²) >= 11 is 5.61. The highest BCUT2D eigenvalue weighted by atomic mass is 35.5. The second-order valence-corrected chi connectivity index (χ2v) is 3.03. The van der Waals surface area contributed by atoms with Gasteiger partial charge in [-0.05, 0) is 0 Å². The second-order valence-electron chi connectivity index (χ2n) is 2.60. The predicted molar refractivity (Wildman–Crippen MR) is 48.6 cm³/mol. The van der Waals surface area contributed by atoms with Gasteiger partial charge in [-0.2, -0.15) is 0 Å². The van der Waals surface area contributed by atoms with E-state index >= 15 is 0 Å². The van der Waals surface area contributed by atoms with Gasteiger partial charge < -0.3 is 10.8 Å². The molecule has 1 aromatic rings. The van der Waals surface area contributed by atoms with Gasteiger partial charge in [-0.15, -0.1) is 0 Å². The fourth-order valence-corrected chi connectivity index (χ4v) is 1.03. The molecule has 72 valence electrons. The Balaban J connectivity index is 2.87. The minimum Gasteiger partial charge on any atom is -0.390 e. The lowest BCUT2D eigenvalue weighted by molar-refractivity contribution is 0.160. The number of hydrogen-bond donors (Lipinski definition) is 2. The zero-order valence-electron chi connectivity index (χ0n) is 6.85. The highest BCUT2D eigenvalue weighted by Crippen LogP contribution is 2.01. The van der Waals surface area contributed by atoms with Crippen LogP contribution in [0, 0.1) is 0 Å². The second kappa shape index (κ2) is 4.36. The molecule has 0 aromatic carbocycles. The van der Waals surface area contributed by atoms with Crippen LogP contribution in [0.25, 0.3) is 0 Å². The van der Waals surface area contributed by atoms with Gasteiger partial charge in [-0.25, -0.2) is 9.78 Å². The van der Waals surface area contributed by atoms with Crippen molar-refractivity contribution in [1.29, 1.82) is 0 Å². The number of aromatic nitrogens is 2. The van der Waals surface area contributed by atoms with Crippen molar-refractivity contribution in [2.24, 2.45) is 5.73 Å². The van der Waals surface area contributed by atoms with Gasteiger partial charge in [0.05, 0.1) is 23.9 Å². The molecule has 0 aliphatic heterocycles. The van der Waals surface area contributed by atoms with Crippen molar-refractivity contribution in [2.45, 2.75) is 12.6 Å². The normalized spacial score (nSPS) is 12.8. The SMILES string of the molecule is NC[C@@H](O)Cn1cc(Cl)cnc1=O. The first-order valence-corrected chi connectivity index (χ1v) is 4.11.